The Morgan fingerprint density at radius 1 is 1.17 bits per heavy atom. The molecule has 8 heteroatoms. The van der Waals surface area contributed by atoms with E-state index in [0.717, 1.165) is 4.57 Å². The van der Waals surface area contributed by atoms with E-state index in [-0.39, 0.29) is 5.56 Å². The van der Waals surface area contributed by atoms with Crippen LogP contribution in [0, 0.1) is 0 Å². The molecule has 0 atom stereocenters. The van der Waals surface area contributed by atoms with Crippen molar-refractivity contribution < 1.29 is 0 Å². The fraction of sp³-hybridized carbons (Fsp3) is 0.500. The molecule has 0 spiro atoms. The van der Waals surface area contributed by atoms with Crippen LogP contribution in [0.5, 0.6) is 0 Å². The van der Waals surface area contributed by atoms with Crippen LogP contribution < -0.4 is 22.3 Å². The van der Waals surface area contributed by atoms with Crippen molar-refractivity contribution in [3.05, 3.63) is 20.8 Å². The van der Waals surface area contributed by atoms with Gasteiger partial charge >= 0.3 is 5.69 Å². The molecule has 18 heavy (non-hydrogen) atoms. The summed E-state index contributed by atoms with van der Waals surface area (Å²) in [7, 11) is 4.76. The van der Waals surface area contributed by atoms with Gasteiger partial charge in [-0.15, -0.1) is 0 Å². The summed E-state index contributed by atoms with van der Waals surface area (Å²) in [5.74, 6) is 0.522. The molecule has 0 radical (unpaired) electrons. The first kappa shape index (κ1) is 12.4. The maximum atomic E-state index is 12.0. The van der Waals surface area contributed by atoms with Gasteiger partial charge in [0.25, 0.3) is 5.56 Å². The summed E-state index contributed by atoms with van der Waals surface area (Å²) in [5.41, 5.74) is 5.41. The Kier molecular flexibility index (Phi) is 2.95. The number of anilines is 1. The van der Waals surface area contributed by atoms with Crippen molar-refractivity contribution in [3.63, 3.8) is 0 Å². The summed E-state index contributed by atoms with van der Waals surface area (Å²) in [6.45, 7) is 1.01. The molecule has 2 aromatic heterocycles. The average Bonchev–Trinajstić information content (AvgIpc) is 2.69. The van der Waals surface area contributed by atoms with Crippen LogP contribution in [0.4, 0.5) is 5.95 Å². The Hall–Kier alpha value is -2.09. The molecule has 0 saturated carbocycles. The number of nitrogens with one attached hydrogen (secondary N) is 1. The second-order valence-corrected chi connectivity index (χ2v) is 4.09. The fourth-order valence-corrected chi connectivity index (χ4v) is 1.86. The zero-order valence-corrected chi connectivity index (χ0v) is 10.6. The van der Waals surface area contributed by atoms with Gasteiger partial charge in [-0.05, 0) is 0 Å². The quantitative estimate of drug-likeness (QED) is 0.681. The van der Waals surface area contributed by atoms with Gasteiger partial charge in [0.15, 0.2) is 11.2 Å². The number of hydrogen-bond acceptors (Lipinski definition) is 5. The molecule has 0 amide bonds. The Morgan fingerprint density at radius 3 is 2.44 bits per heavy atom. The van der Waals surface area contributed by atoms with E-state index in [2.05, 4.69) is 10.3 Å². The van der Waals surface area contributed by atoms with Crippen LogP contribution in [0.1, 0.15) is 0 Å². The fourth-order valence-electron chi connectivity index (χ4n) is 1.86. The summed E-state index contributed by atoms with van der Waals surface area (Å²) in [4.78, 5) is 28.1. The lowest BCUT2D eigenvalue weighted by Crippen LogP contribution is -2.37. The van der Waals surface area contributed by atoms with E-state index in [1.807, 2.05) is 0 Å². The van der Waals surface area contributed by atoms with Gasteiger partial charge in [-0.25, -0.2) is 4.79 Å². The van der Waals surface area contributed by atoms with Crippen LogP contribution in [0.2, 0.25) is 0 Å². The summed E-state index contributed by atoms with van der Waals surface area (Å²) in [6, 6.07) is 0. The SMILES string of the molecule is Cn1c(=O)c2c(nc(NCCN)n2C)n(C)c1=O. The molecule has 2 rings (SSSR count). The number of nitrogens with two attached hydrogens (primary N) is 1. The number of fused-ring (bicyclic) bond motifs is 1. The van der Waals surface area contributed by atoms with E-state index in [0.29, 0.717) is 30.2 Å². The zero-order chi connectivity index (χ0) is 13.4. The van der Waals surface area contributed by atoms with E-state index < -0.39 is 5.69 Å². The lowest BCUT2D eigenvalue weighted by Gasteiger charge is -2.04. The minimum atomic E-state index is -0.393. The predicted octanol–water partition coefficient (Wildman–Crippen LogP) is -1.66. The van der Waals surface area contributed by atoms with Crippen molar-refractivity contribution in [1.82, 2.24) is 18.7 Å². The Bertz CT molecular complexity index is 708. The van der Waals surface area contributed by atoms with Gasteiger partial charge in [0.2, 0.25) is 5.95 Å². The number of hydrogen-bond donors (Lipinski definition) is 2. The third-order valence-corrected chi connectivity index (χ3v) is 2.90. The molecule has 2 heterocycles. The van der Waals surface area contributed by atoms with Crippen LogP contribution in [0.15, 0.2) is 9.59 Å². The van der Waals surface area contributed by atoms with Crippen molar-refractivity contribution in [3.8, 4) is 0 Å². The van der Waals surface area contributed by atoms with E-state index in [4.69, 9.17) is 5.73 Å². The number of aromatic nitrogens is 4. The lowest BCUT2D eigenvalue weighted by molar-refractivity contribution is 0.705. The first-order valence-electron chi connectivity index (χ1n) is 5.55. The van der Waals surface area contributed by atoms with Crippen LogP contribution in [-0.4, -0.2) is 31.8 Å². The minimum Gasteiger partial charge on any atom is -0.354 e. The largest absolute Gasteiger partial charge is 0.354 e. The van der Waals surface area contributed by atoms with Crippen molar-refractivity contribution in [2.75, 3.05) is 18.4 Å². The molecule has 3 N–H and O–H groups in total. The Morgan fingerprint density at radius 2 is 1.83 bits per heavy atom. The van der Waals surface area contributed by atoms with Gasteiger partial charge in [-0.2, -0.15) is 4.98 Å². The molecular weight excluding hydrogens is 236 g/mol. The molecule has 98 valence electrons. The van der Waals surface area contributed by atoms with Crippen LogP contribution in [-0.2, 0) is 21.1 Å². The summed E-state index contributed by atoms with van der Waals surface area (Å²) in [5, 5.41) is 3.01. The second-order valence-electron chi connectivity index (χ2n) is 4.09. The molecule has 0 aliphatic carbocycles. The molecule has 0 unspecified atom stereocenters. The second kappa shape index (κ2) is 4.30. The van der Waals surface area contributed by atoms with Crippen molar-refractivity contribution >= 4 is 17.1 Å². The maximum Gasteiger partial charge on any atom is 0.332 e. The number of imidazole rings is 1. The molecule has 2 aromatic rings. The topological polar surface area (TPSA) is 99.9 Å². The standard InChI is InChI=1S/C10H16N6O2/c1-14-6-7(13-9(14)12-5-4-11)15(2)10(18)16(3)8(6)17/h4-5,11H2,1-3H3,(H,12,13). The number of rotatable bonds is 3. The summed E-state index contributed by atoms with van der Waals surface area (Å²) in [6.07, 6.45) is 0. The van der Waals surface area contributed by atoms with Gasteiger partial charge in [0.05, 0.1) is 0 Å². The molecule has 0 fully saturated rings. The zero-order valence-electron chi connectivity index (χ0n) is 10.6. The van der Waals surface area contributed by atoms with E-state index in [1.54, 1.807) is 18.7 Å². The smallest absolute Gasteiger partial charge is 0.332 e. The van der Waals surface area contributed by atoms with Gasteiger partial charge in [-0.1, -0.05) is 0 Å². The van der Waals surface area contributed by atoms with Gasteiger partial charge in [0, 0.05) is 34.2 Å². The van der Waals surface area contributed by atoms with E-state index in [1.165, 1.54) is 11.6 Å². The Labute approximate surface area is 103 Å². The van der Waals surface area contributed by atoms with Gasteiger partial charge < -0.3 is 15.6 Å². The molecular formula is C10H16N6O2. The highest BCUT2D eigenvalue weighted by Gasteiger charge is 2.16. The molecule has 0 saturated heterocycles. The normalized spacial score (nSPS) is 11.1. The highest BCUT2D eigenvalue weighted by molar-refractivity contribution is 5.74. The third kappa shape index (κ3) is 1.61. The predicted molar refractivity (Wildman–Crippen MR) is 68.7 cm³/mol. The van der Waals surface area contributed by atoms with Crippen LogP contribution >= 0.6 is 0 Å². The highest BCUT2D eigenvalue weighted by atomic mass is 16.2. The Balaban J connectivity index is 2.80. The first-order chi connectivity index (χ1) is 8.49. The molecule has 0 aliphatic heterocycles. The first-order valence-corrected chi connectivity index (χ1v) is 5.55. The van der Waals surface area contributed by atoms with Crippen LogP contribution in [0.25, 0.3) is 11.2 Å². The molecule has 8 nitrogen and oxygen atoms in total. The summed E-state index contributed by atoms with van der Waals surface area (Å²) >= 11 is 0. The number of aryl methyl sites for hydroxylation is 2. The molecule has 0 aromatic carbocycles. The van der Waals surface area contributed by atoms with Gasteiger partial charge in [-0.3, -0.25) is 13.9 Å². The van der Waals surface area contributed by atoms with Crippen LogP contribution in [0.3, 0.4) is 0 Å². The van der Waals surface area contributed by atoms with E-state index in [9.17, 15) is 9.59 Å². The van der Waals surface area contributed by atoms with Crippen molar-refractivity contribution in [2.45, 2.75) is 0 Å². The number of nitrogens with zero attached hydrogens (tertiary/aromatic N) is 4. The molecule has 0 bridgehead atoms. The summed E-state index contributed by atoms with van der Waals surface area (Å²) < 4.78 is 4.05. The maximum absolute atomic E-state index is 12.0. The third-order valence-electron chi connectivity index (χ3n) is 2.90. The lowest BCUT2D eigenvalue weighted by atomic mass is 10.5. The average molecular weight is 252 g/mol. The highest BCUT2D eigenvalue weighted by Crippen LogP contribution is 2.12. The van der Waals surface area contributed by atoms with Gasteiger partial charge in [0.1, 0.15) is 0 Å². The monoisotopic (exact) mass is 252 g/mol. The van der Waals surface area contributed by atoms with Crippen molar-refractivity contribution in [1.29, 1.82) is 0 Å². The van der Waals surface area contributed by atoms with Crippen molar-refractivity contribution in [2.24, 2.45) is 26.9 Å². The molecule has 0 aliphatic rings. The van der Waals surface area contributed by atoms with E-state index >= 15 is 0 Å². The minimum absolute atomic E-state index is 0.358.